The number of imidazole rings is 1. The number of aliphatic hydroxyl groups excluding tert-OH is 1. The largest absolute Gasteiger partial charge is 0.389 e. The average Bonchev–Trinajstić information content (AvgIpc) is 3.06. The maximum Gasteiger partial charge on any atom is 0.245 e. The van der Waals surface area contributed by atoms with Gasteiger partial charge in [-0.1, -0.05) is 0 Å². The van der Waals surface area contributed by atoms with Crippen molar-refractivity contribution in [3.8, 4) is 0 Å². The second-order valence-corrected chi connectivity index (χ2v) is 5.63. The smallest absolute Gasteiger partial charge is 0.245 e. The van der Waals surface area contributed by atoms with Crippen molar-refractivity contribution >= 4 is 5.91 Å². The number of carbonyl (C=O) groups is 1. The molecular weight excluding hydrogens is 284 g/mol. The Morgan fingerprint density at radius 3 is 2.68 bits per heavy atom. The van der Waals surface area contributed by atoms with E-state index in [0.717, 1.165) is 13.1 Å². The molecule has 22 heavy (non-hydrogen) atoms. The van der Waals surface area contributed by atoms with Crippen molar-refractivity contribution in [3.63, 3.8) is 0 Å². The summed E-state index contributed by atoms with van der Waals surface area (Å²) in [6.45, 7) is 8.34. The van der Waals surface area contributed by atoms with E-state index in [9.17, 15) is 9.90 Å². The van der Waals surface area contributed by atoms with Crippen LogP contribution in [0.4, 0.5) is 0 Å². The highest BCUT2D eigenvalue weighted by atomic mass is 16.5. The van der Waals surface area contributed by atoms with Crippen LogP contribution in [0.3, 0.4) is 0 Å². The van der Waals surface area contributed by atoms with Crippen molar-refractivity contribution in [1.82, 2.24) is 19.4 Å². The zero-order valence-corrected chi connectivity index (χ0v) is 13.4. The number of amides is 1. The van der Waals surface area contributed by atoms with Crippen LogP contribution in [-0.2, 0) is 9.53 Å². The molecule has 1 aromatic rings. The summed E-state index contributed by atoms with van der Waals surface area (Å²) >= 11 is 0. The number of hydrogen-bond acceptors (Lipinski definition) is 5. The highest BCUT2D eigenvalue weighted by Crippen LogP contribution is 2.12. The van der Waals surface area contributed by atoms with E-state index >= 15 is 0 Å². The van der Waals surface area contributed by atoms with Crippen LogP contribution in [-0.4, -0.2) is 82.4 Å². The molecule has 1 aliphatic heterocycles. The predicted molar refractivity (Wildman–Crippen MR) is 82.5 cm³/mol. The van der Waals surface area contributed by atoms with Gasteiger partial charge in [0.15, 0.2) is 0 Å². The van der Waals surface area contributed by atoms with Gasteiger partial charge in [-0.2, -0.15) is 0 Å². The molecule has 0 radical (unpaired) electrons. The van der Waals surface area contributed by atoms with Crippen molar-refractivity contribution in [3.05, 3.63) is 18.7 Å². The van der Waals surface area contributed by atoms with Crippen LogP contribution in [0, 0.1) is 0 Å². The molecule has 1 fully saturated rings. The van der Waals surface area contributed by atoms with Gasteiger partial charge in [-0.3, -0.25) is 9.69 Å². The summed E-state index contributed by atoms with van der Waals surface area (Å²) in [5.74, 6) is 0.118. The number of carbonyl (C=O) groups excluding carboxylic acids is 1. The fourth-order valence-electron chi connectivity index (χ4n) is 2.65. The van der Waals surface area contributed by atoms with Gasteiger partial charge in [0.2, 0.25) is 5.91 Å². The number of ether oxygens (including phenoxy) is 1. The lowest BCUT2D eigenvalue weighted by Gasteiger charge is -2.36. The third-order valence-corrected chi connectivity index (χ3v) is 4.00. The molecule has 0 saturated carbocycles. The molecule has 0 spiro atoms. The van der Waals surface area contributed by atoms with Gasteiger partial charge >= 0.3 is 0 Å². The zero-order valence-electron chi connectivity index (χ0n) is 13.4. The van der Waals surface area contributed by atoms with E-state index in [2.05, 4.69) is 9.88 Å². The number of piperazine rings is 1. The molecule has 2 atom stereocenters. The lowest BCUT2D eigenvalue weighted by Crippen LogP contribution is -2.52. The first-order valence-corrected chi connectivity index (χ1v) is 7.86. The minimum absolute atomic E-state index is 0.118. The van der Waals surface area contributed by atoms with Crippen LogP contribution in [0.5, 0.6) is 0 Å². The summed E-state index contributed by atoms with van der Waals surface area (Å²) < 4.78 is 7.04. The number of nitrogens with zero attached hydrogens (tertiary/aromatic N) is 4. The second-order valence-electron chi connectivity index (χ2n) is 5.63. The Bertz CT molecular complexity index is 444. The fraction of sp³-hybridized carbons (Fsp3) is 0.733. The summed E-state index contributed by atoms with van der Waals surface area (Å²) in [4.78, 5) is 20.5. The third kappa shape index (κ3) is 4.53. The molecule has 2 heterocycles. The summed E-state index contributed by atoms with van der Waals surface area (Å²) in [5.41, 5.74) is 0. The molecule has 124 valence electrons. The van der Waals surface area contributed by atoms with E-state index in [1.807, 2.05) is 29.5 Å². The van der Waals surface area contributed by atoms with Crippen molar-refractivity contribution in [2.45, 2.75) is 26.0 Å². The van der Waals surface area contributed by atoms with Gasteiger partial charge in [-0.15, -0.1) is 0 Å². The normalized spacial score (nSPS) is 19.1. The van der Waals surface area contributed by atoms with Crippen LogP contribution in [0.2, 0.25) is 0 Å². The maximum atomic E-state index is 12.5. The third-order valence-electron chi connectivity index (χ3n) is 4.00. The minimum atomic E-state index is -0.466. The van der Waals surface area contributed by atoms with Crippen molar-refractivity contribution < 1.29 is 14.6 Å². The van der Waals surface area contributed by atoms with E-state index in [1.54, 1.807) is 12.5 Å². The molecule has 1 N–H and O–H groups in total. The van der Waals surface area contributed by atoms with Crippen molar-refractivity contribution in [2.24, 2.45) is 0 Å². The Kier molecular flexibility index (Phi) is 6.35. The number of rotatable bonds is 7. The van der Waals surface area contributed by atoms with E-state index < -0.39 is 6.10 Å². The van der Waals surface area contributed by atoms with Crippen LogP contribution in [0.15, 0.2) is 18.7 Å². The first-order valence-electron chi connectivity index (χ1n) is 7.86. The zero-order chi connectivity index (χ0) is 15.9. The molecule has 1 saturated heterocycles. The maximum absolute atomic E-state index is 12.5. The van der Waals surface area contributed by atoms with Crippen molar-refractivity contribution in [1.29, 1.82) is 0 Å². The van der Waals surface area contributed by atoms with Gasteiger partial charge in [0, 0.05) is 51.7 Å². The highest BCUT2D eigenvalue weighted by molar-refractivity contribution is 5.80. The molecule has 1 aliphatic rings. The van der Waals surface area contributed by atoms with Crippen LogP contribution in [0.25, 0.3) is 0 Å². The summed E-state index contributed by atoms with van der Waals surface area (Å²) in [6.07, 6.45) is 4.69. The van der Waals surface area contributed by atoms with Gasteiger partial charge in [0.25, 0.3) is 0 Å². The topological polar surface area (TPSA) is 70.8 Å². The van der Waals surface area contributed by atoms with Gasteiger partial charge < -0.3 is 19.3 Å². The standard InChI is InChI=1S/C15H26N4O3/c1-3-22-11-14(20)10-17-6-8-18(9-7-17)15(21)13(2)19-5-4-16-12-19/h4-5,12-14,20H,3,6-11H2,1-2H3/t13-,14+/m0/s1. The number of aliphatic hydroxyl groups is 1. The van der Waals surface area contributed by atoms with Gasteiger partial charge in [-0.25, -0.2) is 4.98 Å². The highest BCUT2D eigenvalue weighted by Gasteiger charge is 2.26. The lowest BCUT2D eigenvalue weighted by molar-refractivity contribution is -0.136. The molecular formula is C15H26N4O3. The molecule has 1 amide bonds. The Morgan fingerprint density at radius 2 is 2.09 bits per heavy atom. The Labute approximate surface area is 131 Å². The van der Waals surface area contributed by atoms with E-state index in [1.165, 1.54) is 0 Å². The molecule has 0 aromatic carbocycles. The summed E-state index contributed by atoms with van der Waals surface area (Å²) in [5, 5.41) is 9.86. The average molecular weight is 310 g/mol. The molecule has 0 unspecified atom stereocenters. The quantitative estimate of drug-likeness (QED) is 0.767. The van der Waals surface area contributed by atoms with Crippen LogP contribution < -0.4 is 0 Å². The predicted octanol–water partition coefficient (Wildman–Crippen LogP) is -0.0143. The van der Waals surface area contributed by atoms with Gasteiger partial charge in [0.05, 0.1) is 19.0 Å². The van der Waals surface area contributed by atoms with Crippen LogP contribution in [0.1, 0.15) is 19.9 Å². The van der Waals surface area contributed by atoms with E-state index in [4.69, 9.17) is 4.74 Å². The molecule has 0 bridgehead atoms. The number of β-amino-alcohol motifs (C(OH)–C–C–N with tert-alkyl or cyclic N) is 1. The minimum Gasteiger partial charge on any atom is -0.389 e. The Balaban J connectivity index is 1.76. The van der Waals surface area contributed by atoms with E-state index in [0.29, 0.717) is 32.8 Å². The Morgan fingerprint density at radius 1 is 1.36 bits per heavy atom. The summed E-state index contributed by atoms with van der Waals surface area (Å²) in [6, 6.07) is -0.224. The molecule has 2 rings (SSSR count). The van der Waals surface area contributed by atoms with Gasteiger partial charge in [-0.05, 0) is 13.8 Å². The molecule has 7 nitrogen and oxygen atoms in total. The SMILES string of the molecule is CCOC[C@H](O)CN1CCN(C(=O)[C@H](C)n2ccnc2)CC1. The van der Waals surface area contributed by atoms with Gasteiger partial charge in [0.1, 0.15) is 6.04 Å². The van der Waals surface area contributed by atoms with E-state index in [-0.39, 0.29) is 11.9 Å². The summed E-state index contributed by atoms with van der Waals surface area (Å²) in [7, 11) is 0. The molecule has 0 aliphatic carbocycles. The molecule has 1 aromatic heterocycles. The van der Waals surface area contributed by atoms with Crippen LogP contribution >= 0.6 is 0 Å². The first-order chi connectivity index (χ1) is 10.6. The second kappa shape index (κ2) is 8.26. The number of hydrogen-bond donors (Lipinski definition) is 1. The lowest BCUT2D eigenvalue weighted by atomic mass is 10.2. The fourth-order valence-corrected chi connectivity index (χ4v) is 2.65. The first kappa shape index (κ1) is 16.9. The Hall–Kier alpha value is -1.44. The number of aromatic nitrogens is 2. The molecule has 7 heteroatoms. The van der Waals surface area contributed by atoms with Crippen molar-refractivity contribution in [2.75, 3.05) is 45.9 Å². The monoisotopic (exact) mass is 310 g/mol.